The molecule has 0 heterocycles. The van der Waals surface area contributed by atoms with Gasteiger partial charge in [0, 0.05) is 0 Å². The molecule has 0 N–H and O–H groups in total. The standard InChI is InChI=1S/C28H26N2O2/c1-31-28-19-25(17-18-27(28)32-22-24-13-7-3-8-14-24)20-29-30(26-15-9-4-10-16-26)21-23-11-5-2-6-12-23/h2-20H,21-22H2,1H3. The summed E-state index contributed by atoms with van der Waals surface area (Å²) < 4.78 is 11.5. The zero-order valence-corrected chi connectivity index (χ0v) is 18.1. The maximum atomic E-state index is 5.96. The average Bonchev–Trinajstić information content (AvgIpc) is 2.87. The zero-order chi connectivity index (χ0) is 22.0. The third-order valence-corrected chi connectivity index (χ3v) is 5.00. The zero-order valence-electron chi connectivity index (χ0n) is 18.1. The first-order valence-corrected chi connectivity index (χ1v) is 10.6. The predicted molar refractivity (Wildman–Crippen MR) is 130 cm³/mol. The molecule has 4 nitrogen and oxygen atoms in total. The number of hydrazone groups is 1. The lowest BCUT2D eigenvalue weighted by Gasteiger charge is -2.19. The summed E-state index contributed by atoms with van der Waals surface area (Å²) in [6.07, 6.45) is 1.85. The Morgan fingerprint density at radius 2 is 1.34 bits per heavy atom. The van der Waals surface area contributed by atoms with E-state index in [1.807, 2.05) is 96.2 Å². The molecule has 4 aromatic rings. The first-order chi connectivity index (χ1) is 15.8. The van der Waals surface area contributed by atoms with Gasteiger partial charge in [0.2, 0.25) is 0 Å². The summed E-state index contributed by atoms with van der Waals surface area (Å²) in [5.74, 6) is 1.39. The highest BCUT2D eigenvalue weighted by Crippen LogP contribution is 2.28. The third-order valence-electron chi connectivity index (χ3n) is 5.00. The van der Waals surface area contributed by atoms with Gasteiger partial charge < -0.3 is 9.47 Å². The van der Waals surface area contributed by atoms with E-state index in [1.165, 1.54) is 5.56 Å². The summed E-state index contributed by atoms with van der Waals surface area (Å²) in [5, 5.41) is 6.76. The van der Waals surface area contributed by atoms with Crippen molar-refractivity contribution in [3.8, 4) is 11.5 Å². The van der Waals surface area contributed by atoms with E-state index in [-0.39, 0.29) is 0 Å². The molecule has 32 heavy (non-hydrogen) atoms. The van der Waals surface area contributed by atoms with E-state index in [2.05, 4.69) is 24.3 Å². The summed E-state index contributed by atoms with van der Waals surface area (Å²) in [7, 11) is 1.65. The lowest BCUT2D eigenvalue weighted by Crippen LogP contribution is -2.16. The minimum Gasteiger partial charge on any atom is -0.493 e. The molecular weight excluding hydrogens is 396 g/mol. The van der Waals surface area contributed by atoms with Gasteiger partial charge in [-0.15, -0.1) is 0 Å². The number of nitrogens with zero attached hydrogens (tertiary/aromatic N) is 2. The van der Waals surface area contributed by atoms with E-state index in [0.29, 0.717) is 24.7 Å². The highest BCUT2D eigenvalue weighted by Gasteiger charge is 2.08. The minimum atomic E-state index is 0.490. The molecule has 0 aliphatic rings. The predicted octanol–water partition coefficient (Wildman–Crippen LogP) is 6.31. The Kier molecular flexibility index (Phi) is 7.17. The normalized spacial score (nSPS) is 10.8. The Balaban J connectivity index is 1.51. The Morgan fingerprint density at radius 1 is 0.719 bits per heavy atom. The molecule has 160 valence electrons. The molecule has 0 atom stereocenters. The fourth-order valence-electron chi connectivity index (χ4n) is 3.31. The van der Waals surface area contributed by atoms with E-state index in [9.17, 15) is 0 Å². The van der Waals surface area contributed by atoms with Crippen molar-refractivity contribution in [2.24, 2.45) is 5.10 Å². The molecule has 4 aromatic carbocycles. The maximum Gasteiger partial charge on any atom is 0.161 e. The van der Waals surface area contributed by atoms with Crippen molar-refractivity contribution < 1.29 is 9.47 Å². The van der Waals surface area contributed by atoms with Crippen LogP contribution in [-0.4, -0.2) is 13.3 Å². The number of hydrogen-bond donors (Lipinski definition) is 0. The van der Waals surface area contributed by atoms with Gasteiger partial charge in [-0.25, -0.2) is 0 Å². The molecule has 0 bridgehead atoms. The average molecular weight is 423 g/mol. The van der Waals surface area contributed by atoms with E-state index < -0.39 is 0 Å². The van der Waals surface area contributed by atoms with Crippen molar-refractivity contribution in [3.05, 3.63) is 126 Å². The van der Waals surface area contributed by atoms with Crippen LogP contribution in [0.5, 0.6) is 11.5 Å². The molecule has 0 saturated heterocycles. The van der Waals surface area contributed by atoms with E-state index in [1.54, 1.807) is 7.11 Å². The smallest absolute Gasteiger partial charge is 0.161 e. The van der Waals surface area contributed by atoms with Gasteiger partial charge in [-0.2, -0.15) is 5.10 Å². The van der Waals surface area contributed by atoms with Gasteiger partial charge in [0.05, 0.1) is 25.6 Å². The second kappa shape index (κ2) is 10.8. The summed E-state index contributed by atoms with van der Waals surface area (Å²) in [4.78, 5) is 0. The second-order valence-corrected chi connectivity index (χ2v) is 7.31. The quantitative estimate of drug-likeness (QED) is 0.234. The van der Waals surface area contributed by atoms with E-state index >= 15 is 0 Å². The number of benzene rings is 4. The summed E-state index contributed by atoms with van der Waals surface area (Å²) >= 11 is 0. The van der Waals surface area contributed by atoms with Crippen LogP contribution in [0.1, 0.15) is 16.7 Å². The summed E-state index contributed by atoms with van der Waals surface area (Å²) in [6.45, 7) is 1.17. The van der Waals surface area contributed by atoms with Crippen LogP contribution in [0.25, 0.3) is 0 Å². The molecule has 0 saturated carbocycles. The Bertz CT molecular complexity index is 1130. The topological polar surface area (TPSA) is 34.1 Å². The lowest BCUT2D eigenvalue weighted by molar-refractivity contribution is 0.284. The number of methoxy groups -OCH3 is 1. The summed E-state index contributed by atoms with van der Waals surface area (Å²) in [6, 6.07) is 36.4. The van der Waals surface area contributed by atoms with Gasteiger partial charge in [-0.05, 0) is 47.0 Å². The van der Waals surface area contributed by atoms with Crippen LogP contribution in [0, 0.1) is 0 Å². The van der Waals surface area contributed by atoms with Crippen molar-refractivity contribution in [2.75, 3.05) is 12.1 Å². The van der Waals surface area contributed by atoms with Crippen molar-refractivity contribution in [2.45, 2.75) is 13.2 Å². The first kappa shape index (κ1) is 21.2. The summed E-state index contributed by atoms with van der Waals surface area (Å²) in [5.41, 5.74) is 4.26. The van der Waals surface area contributed by atoms with Gasteiger partial charge in [0.1, 0.15) is 6.61 Å². The monoisotopic (exact) mass is 422 g/mol. The molecule has 0 aliphatic heterocycles. The van der Waals surface area contributed by atoms with Crippen molar-refractivity contribution >= 4 is 11.9 Å². The number of para-hydroxylation sites is 1. The Hall–Kier alpha value is -4.05. The van der Waals surface area contributed by atoms with Crippen molar-refractivity contribution in [1.82, 2.24) is 0 Å². The Labute approximate surface area is 189 Å². The van der Waals surface area contributed by atoms with E-state index in [0.717, 1.165) is 16.8 Å². The van der Waals surface area contributed by atoms with Crippen LogP contribution in [0.3, 0.4) is 0 Å². The van der Waals surface area contributed by atoms with Gasteiger partial charge >= 0.3 is 0 Å². The van der Waals surface area contributed by atoms with E-state index in [4.69, 9.17) is 14.6 Å². The highest BCUT2D eigenvalue weighted by molar-refractivity contribution is 5.81. The number of rotatable bonds is 9. The first-order valence-electron chi connectivity index (χ1n) is 10.6. The van der Waals surface area contributed by atoms with Gasteiger partial charge in [0.15, 0.2) is 11.5 Å². The molecule has 4 rings (SSSR count). The van der Waals surface area contributed by atoms with Crippen LogP contribution in [-0.2, 0) is 13.2 Å². The molecule has 0 radical (unpaired) electrons. The molecule has 0 fully saturated rings. The molecule has 0 aromatic heterocycles. The van der Waals surface area contributed by atoms with Crippen LogP contribution < -0.4 is 14.5 Å². The van der Waals surface area contributed by atoms with Crippen molar-refractivity contribution in [3.63, 3.8) is 0 Å². The lowest BCUT2D eigenvalue weighted by atomic mass is 10.2. The molecule has 0 spiro atoms. The largest absolute Gasteiger partial charge is 0.493 e. The van der Waals surface area contributed by atoms with Crippen LogP contribution in [0.2, 0.25) is 0 Å². The SMILES string of the molecule is COc1cc(C=NN(Cc2ccccc2)c2ccccc2)ccc1OCc1ccccc1. The van der Waals surface area contributed by atoms with Gasteiger partial charge in [-0.3, -0.25) is 5.01 Å². The molecule has 0 unspecified atom stereocenters. The van der Waals surface area contributed by atoms with Gasteiger partial charge in [0.25, 0.3) is 0 Å². The van der Waals surface area contributed by atoms with Crippen molar-refractivity contribution in [1.29, 1.82) is 0 Å². The molecule has 4 heteroatoms. The van der Waals surface area contributed by atoms with Gasteiger partial charge in [-0.1, -0.05) is 78.9 Å². The molecule has 0 amide bonds. The number of anilines is 1. The molecule has 0 aliphatic carbocycles. The second-order valence-electron chi connectivity index (χ2n) is 7.31. The number of ether oxygens (including phenoxy) is 2. The third kappa shape index (κ3) is 5.76. The van der Waals surface area contributed by atoms with Crippen LogP contribution in [0.15, 0.2) is 114 Å². The van der Waals surface area contributed by atoms with Crippen LogP contribution in [0.4, 0.5) is 5.69 Å². The van der Waals surface area contributed by atoms with Crippen LogP contribution >= 0.6 is 0 Å². The number of hydrogen-bond acceptors (Lipinski definition) is 4. The maximum absolute atomic E-state index is 5.96. The fraction of sp³-hybridized carbons (Fsp3) is 0.107. The molecular formula is C28H26N2O2. The highest BCUT2D eigenvalue weighted by atomic mass is 16.5. The Morgan fingerprint density at radius 3 is 2.00 bits per heavy atom. The minimum absolute atomic E-state index is 0.490. The fourth-order valence-corrected chi connectivity index (χ4v) is 3.31.